The summed E-state index contributed by atoms with van der Waals surface area (Å²) in [5, 5.41) is 3.15. The maximum absolute atomic E-state index is 12.6. The van der Waals surface area contributed by atoms with E-state index in [0.717, 1.165) is 37.2 Å². The van der Waals surface area contributed by atoms with Crippen molar-refractivity contribution in [2.45, 2.75) is 46.1 Å². The number of carbonyl (C=O) groups excluding carboxylic acids is 2. The molecule has 2 amide bonds. The van der Waals surface area contributed by atoms with Crippen molar-refractivity contribution in [3.05, 3.63) is 29.8 Å². The van der Waals surface area contributed by atoms with E-state index in [1.807, 2.05) is 38.2 Å². The van der Waals surface area contributed by atoms with Gasteiger partial charge in [0.25, 0.3) is 5.91 Å². The Labute approximate surface area is 151 Å². The first kappa shape index (κ1) is 19.3. The first-order chi connectivity index (χ1) is 11.9. The lowest BCUT2D eigenvalue weighted by Crippen LogP contribution is -2.45. The van der Waals surface area contributed by atoms with Crippen molar-refractivity contribution >= 4 is 17.5 Å². The number of nitrogens with zero attached hydrogens (tertiary/aromatic N) is 2. The third-order valence-corrected chi connectivity index (χ3v) is 4.75. The van der Waals surface area contributed by atoms with Gasteiger partial charge in [0.2, 0.25) is 5.91 Å². The predicted octanol–water partition coefficient (Wildman–Crippen LogP) is 2.91. The Hall–Kier alpha value is -2.04. The average molecular weight is 345 g/mol. The van der Waals surface area contributed by atoms with E-state index in [0.29, 0.717) is 18.9 Å². The molecule has 1 aliphatic heterocycles. The number of hydrogen-bond donors (Lipinski definition) is 1. The van der Waals surface area contributed by atoms with Crippen LogP contribution in [-0.2, 0) is 4.79 Å². The van der Waals surface area contributed by atoms with Gasteiger partial charge in [0, 0.05) is 44.8 Å². The summed E-state index contributed by atoms with van der Waals surface area (Å²) in [6.45, 7) is 8.50. The summed E-state index contributed by atoms with van der Waals surface area (Å²) < 4.78 is 0. The fraction of sp³-hybridized carbons (Fsp3) is 0.600. The number of rotatable bonds is 6. The molecule has 25 heavy (non-hydrogen) atoms. The molecule has 0 bridgehead atoms. The van der Waals surface area contributed by atoms with Gasteiger partial charge >= 0.3 is 0 Å². The van der Waals surface area contributed by atoms with Gasteiger partial charge in [0.15, 0.2) is 0 Å². The fourth-order valence-corrected chi connectivity index (χ4v) is 3.20. The first-order valence-corrected chi connectivity index (χ1v) is 9.31. The summed E-state index contributed by atoms with van der Waals surface area (Å²) in [4.78, 5) is 28.5. The maximum atomic E-state index is 12.6. The van der Waals surface area contributed by atoms with Crippen LogP contribution in [0, 0.1) is 5.92 Å². The van der Waals surface area contributed by atoms with Gasteiger partial charge in [0.1, 0.15) is 0 Å². The van der Waals surface area contributed by atoms with Crippen molar-refractivity contribution in [3.63, 3.8) is 0 Å². The second kappa shape index (κ2) is 8.88. The molecule has 0 aromatic heterocycles. The molecule has 0 radical (unpaired) electrons. The van der Waals surface area contributed by atoms with Crippen LogP contribution in [0.1, 0.15) is 50.4 Å². The lowest BCUT2D eigenvalue weighted by Gasteiger charge is -2.35. The monoisotopic (exact) mass is 345 g/mol. The van der Waals surface area contributed by atoms with Crippen molar-refractivity contribution in [2.75, 3.05) is 31.6 Å². The van der Waals surface area contributed by atoms with E-state index in [2.05, 4.69) is 24.1 Å². The van der Waals surface area contributed by atoms with Crippen LogP contribution in [0.25, 0.3) is 0 Å². The van der Waals surface area contributed by atoms with E-state index in [1.165, 1.54) is 0 Å². The van der Waals surface area contributed by atoms with Gasteiger partial charge in [-0.05, 0) is 37.8 Å². The zero-order valence-corrected chi connectivity index (χ0v) is 15.9. The Morgan fingerprint density at radius 2 is 1.88 bits per heavy atom. The van der Waals surface area contributed by atoms with Crippen molar-refractivity contribution in [1.82, 2.24) is 10.2 Å². The van der Waals surface area contributed by atoms with Crippen LogP contribution in [-0.4, -0.2) is 49.4 Å². The van der Waals surface area contributed by atoms with Gasteiger partial charge in [-0.2, -0.15) is 0 Å². The van der Waals surface area contributed by atoms with Crippen LogP contribution < -0.4 is 10.2 Å². The fourth-order valence-electron chi connectivity index (χ4n) is 3.20. The molecule has 138 valence electrons. The molecule has 1 N–H and O–H groups in total. The molecule has 2 rings (SSSR count). The molecule has 5 nitrogen and oxygen atoms in total. The van der Waals surface area contributed by atoms with Gasteiger partial charge in [-0.25, -0.2) is 0 Å². The minimum absolute atomic E-state index is 0.0606. The number of para-hydroxylation sites is 1. The van der Waals surface area contributed by atoms with E-state index >= 15 is 0 Å². The Morgan fingerprint density at radius 1 is 1.24 bits per heavy atom. The number of amides is 2. The van der Waals surface area contributed by atoms with Crippen LogP contribution in [0.5, 0.6) is 0 Å². The van der Waals surface area contributed by atoms with E-state index in [1.54, 1.807) is 4.90 Å². The zero-order chi connectivity index (χ0) is 18.4. The number of nitrogens with one attached hydrogen (secondary N) is 1. The standard InChI is InChI=1S/C20H31N3O2/c1-5-22(4)20(25)17-8-6-7-9-18(17)23-12-10-16(11-13-23)21-19(24)14-15(2)3/h6-9,15-16H,5,10-14H2,1-4H3,(H,21,24). The predicted molar refractivity (Wildman–Crippen MR) is 102 cm³/mol. The molecule has 1 heterocycles. The van der Waals surface area contributed by atoms with E-state index < -0.39 is 0 Å². The van der Waals surface area contributed by atoms with E-state index in [9.17, 15) is 9.59 Å². The number of piperidine rings is 1. The summed E-state index contributed by atoms with van der Waals surface area (Å²) in [5.74, 6) is 0.590. The summed E-state index contributed by atoms with van der Waals surface area (Å²) in [7, 11) is 1.83. The van der Waals surface area contributed by atoms with Crippen LogP contribution in [0.2, 0.25) is 0 Å². The molecule has 5 heteroatoms. The molecule has 0 saturated carbocycles. The summed E-state index contributed by atoms with van der Waals surface area (Å²) in [6.07, 6.45) is 2.41. The van der Waals surface area contributed by atoms with Gasteiger partial charge < -0.3 is 15.1 Å². The maximum Gasteiger partial charge on any atom is 0.255 e. The van der Waals surface area contributed by atoms with Gasteiger partial charge in [0.05, 0.1) is 5.56 Å². The normalized spacial score (nSPS) is 15.3. The summed E-state index contributed by atoms with van der Waals surface area (Å²) >= 11 is 0. The molecule has 0 atom stereocenters. The van der Waals surface area contributed by atoms with Crippen LogP contribution in [0.3, 0.4) is 0 Å². The molecule has 1 saturated heterocycles. The summed E-state index contributed by atoms with van der Waals surface area (Å²) in [5.41, 5.74) is 1.76. The number of carbonyl (C=O) groups is 2. The van der Waals surface area contributed by atoms with Crippen LogP contribution in [0.15, 0.2) is 24.3 Å². The molecule has 1 fully saturated rings. The lowest BCUT2D eigenvalue weighted by atomic mass is 10.0. The molecule has 1 aromatic carbocycles. The largest absolute Gasteiger partial charge is 0.371 e. The Balaban J connectivity index is 1.99. The molecule has 1 aliphatic rings. The van der Waals surface area contributed by atoms with Crippen LogP contribution >= 0.6 is 0 Å². The van der Waals surface area contributed by atoms with Crippen molar-refractivity contribution in [3.8, 4) is 0 Å². The van der Waals surface area contributed by atoms with Gasteiger partial charge in [-0.15, -0.1) is 0 Å². The zero-order valence-electron chi connectivity index (χ0n) is 15.9. The van der Waals surface area contributed by atoms with E-state index in [-0.39, 0.29) is 17.9 Å². The molecule has 0 aliphatic carbocycles. The molecule has 0 spiro atoms. The second-order valence-electron chi connectivity index (χ2n) is 7.26. The van der Waals surface area contributed by atoms with E-state index in [4.69, 9.17) is 0 Å². The number of hydrogen-bond acceptors (Lipinski definition) is 3. The minimum Gasteiger partial charge on any atom is -0.371 e. The third-order valence-electron chi connectivity index (χ3n) is 4.75. The Kier molecular flexibility index (Phi) is 6.85. The lowest BCUT2D eigenvalue weighted by molar-refractivity contribution is -0.122. The Bertz CT molecular complexity index is 592. The second-order valence-corrected chi connectivity index (χ2v) is 7.26. The van der Waals surface area contributed by atoms with Crippen molar-refractivity contribution in [1.29, 1.82) is 0 Å². The molecule has 1 aromatic rings. The topological polar surface area (TPSA) is 52.7 Å². The van der Waals surface area contributed by atoms with Crippen molar-refractivity contribution in [2.24, 2.45) is 5.92 Å². The Morgan fingerprint density at radius 3 is 2.48 bits per heavy atom. The number of anilines is 1. The number of benzene rings is 1. The van der Waals surface area contributed by atoms with Gasteiger partial charge in [-0.3, -0.25) is 9.59 Å². The third kappa shape index (κ3) is 5.21. The molecular formula is C20H31N3O2. The smallest absolute Gasteiger partial charge is 0.255 e. The highest BCUT2D eigenvalue weighted by Crippen LogP contribution is 2.25. The minimum atomic E-state index is 0.0606. The first-order valence-electron chi connectivity index (χ1n) is 9.31. The quantitative estimate of drug-likeness (QED) is 0.862. The molecule has 0 unspecified atom stereocenters. The highest BCUT2D eigenvalue weighted by atomic mass is 16.2. The van der Waals surface area contributed by atoms with Crippen molar-refractivity contribution < 1.29 is 9.59 Å². The van der Waals surface area contributed by atoms with Crippen LogP contribution in [0.4, 0.5) is 5.69 Å². The highest BCUT2D eigenvalue weighted by molar-refractivity contribution is 5.99. The summed E-state index contributed by atoms with van der Waals surface area (Å²) in [6, 6.07) is 8.06. The SMILES string of the molecule is CCN(C)C(=O)c1ccccc1N1CCC(NC(=O)CC(C)C)CC1. The molecular weight excluding hydrogens is 314 g/mol. The van der Waals surface area contributed by atoms with Gasteiger partial charge in [-0.1, -0.05) is 26.0 Å². The average Bonchev–Trinajstić information content (AvgIpc) is 2.60. The highest BCUT2D eigenvalue weighted by Gasteiger charge is 2.24.